The summed E-state index contributed by atoms with van der Waals surface area (Å²) in [6.45, 7) is 0. The second kappa shape index (κ2) is 7.24. The van der Waals surface area contributed by atoms with Crippen molar-refractivity contribution in [1.29, 1.82) is 0 Å². The second-order valence-electron chi connectivity index (χ2n) is 4.85. The van der Waals surface area contributed by atoms with Crippen molar-refractivity contribution in [2.24, 2.45) is 0 Å². The summed E-state index contributed by atoms with van der Waals surface area (Å²) in [6, 6.07) is 21.0. The van der Waals surface area contributed by atoms with Gasteiger partial charge in [-0.2, -0.15) is 0 Å². The Labute approximate surface area is 140 Å². The van der Waals surface area contributed by atoms with E-state index in [1.54, 1.807) is 0 Å². The zero-order valence-electron chi connectivity index (χ0n) is 12.1. The number of benzene rings is 3. The van der Waals surface area contributed by atoms with Gasteiger partial charge in [0.2, 0.25) is 0 Å². The Kier molecular flexibility index (Phi) is 4.88. The van der Waals surface area contributed by atoms with Gasteiger partial charge < -0.3 is 0 Å². The zero-order chi connectivity index (χ0) is 16.1. The minimum atomic E-state index is -0.587. The van der Waals surface area contributed by atoms with Crippen molar-refractivity contribution < 1.29 is 8.78 Å². The average molecular weight is 369 g/mol. The first-order valence-electron chi connectivity index (χ1n) is 7.01. The molecule has 3 aromatic carbocycles. The molecule has 3 aromatic rings. The van der Waals surface area contributed by atoms with Gasteiger partial charge in [-0.1, -0.05) is 0 Å². The molecule has 3 heteroatoms. The zero-order valence-corrected chi connectivity index (χ0v) is 13.8. The molecule has 23 heavy (non-hydrogen) atoms. The molecular weight excluding hydrogens is 357 g/mol. The van der Waals surface area contributed by atoms with E-state index >= 15 is 0 Å². The number of hydrogen-bond acceptors (Lipinski definition) is 0. The molecule has 0 aromatic heterocycles. The molecule has 0 atom stereocenters. The third-order valence-corrected chi connectivity index (χ3v) is 4.69. The van der Waals surface area contributed by atoms with Crippen molar-refractivity contribution in [2.75, 3.05) is 0 Å². The van der Waals surface area contributed by atoms with Crippen molar-refractivity contribution >= 4 is 19.4 Å². The molecular formula is C20H12F2Se. The van der Waals surface area contributed by atoms with Crippen LogP contribution in [0.3, 0.4) is 0 Å². The first-order chi connectivity index (χ1) is 11.2. The van der Waals surface area contributed by atoms with Gasteiger partial charge in [0, 0.05) is 0 Å². The van der Waals surface area contributed by atoms with Crippen LogP contribution in [-0.4, -0.2) is 15.0 Å². The summed E-state index contributed by atoms with van der Waals surface area (Å²) < 4.78 is 28.1. The van der Waals surface area contributed by atoms with Crippen LogP contribution in [0.2, 0.25) is 0 Å². The van der Waals surface area contributed by atoms with Crippen molar-refractivity contribution in [3.8, 4) is 21.9 Å². The number of hydrogen-bond donors (Lipinski definition) is 0. The van der Waals surface area contributed by atoms with E-state index in [0.717, 1.165) is 17.2 Å². The van der Waals surface area contributed by atoms with E-state index in [1.165, 1.54) is 16.6 Å². The molecule has 0 heterocycles. The Morgan fingerprint density at radius 3 is 2.13 bits per heavy atom. The van der Waals surface area contributed by atoms with Gasteiger partial charge in [0.05, 0.1) is 0 Å². The molecule has 0 spiro atoms. The molecule has 0 aliphatic rings. The van der Waals surface area contributed by atoms with Gasteiger partial charge in [-0.25, -0.2) is 0 Å². The molecule has 3 rings (SSSR count). The average Bonchev–Trinajstić information content (AvgIpc) is 2.55. The molecule has 0 aliphatic heterocycles. The first kappa shape index (κ1) is 15.5. The van der Waals surface area contributed by atoms with E-state index in [2.05, 4.69) is 10.7 Å². The molecule has 0 amide bonds. The Morgan fingerprint density at radius 2 is 1.39 bits per heavy atom. The molecule has 0 fully saturated rings. The molecule has 0 nitrogen and oxygen atoms in total. The van der Waals surface area contributed by atoms with Crippen LogP contribution in [0.15, 0.2) is 72.8 Å². The summed E-state index contributed by atoms with van der Waals surface area (Å²) in [7, 11) is 0. The Morgan fingerprint density at radius 1 is 0.739 bits per heavy atom. The van der Waals surface area contributed by atoms with Crippen molar-refractivity contribution in [3.05, 3.63) is 90.0 Å². The summed E-state index contributed by atoms with van der Waals surface area (Å²) in [5.41, 5.74) is 2.01. The van der Waals surface area contributed by atoms with Crippen molar-refractivity contribution in [2.45, 2.75) is 0 Å². The van der Waals surface area contributed by atoms with Crippen molar-refractivity contribution in [3.63, 3.8) is 0 Å². The fourth-order valence-electron chi connectivity index (χ4n) is 2.18. The summed E-state index contributed by atoms with van der Waals surface area (Å²) >= 11 is 0.0432. The van der Waals surface area contributed by atoms with E-state index < -0.39 is 11.6 Å². The molecule has 112 valence electrons. The summed E-state index contributed by atoms with van der Waals surface area (Å²) in [5, 5.41) is 0. The third kappa shape index (κ3) is 4.07. The summed E-state index contributed by atoms with van der Waals surface area (Å²) in [5.74, 6) is 1.96. The monoisotopic (exact) mass is 370 g/mol. The summed E-state index contributed by atoms with van der Waals surface area (Å²) in [4.78, 5) is 3.18. The minimum absolute atomic E-state index is 0.0432. The topological polar surface area (TPSA) is 0 Å². The quantitative estimate of drug-likeness (QED) is 0.474. The molecule has 0 bridgehead atoms. The standard InChI is InChI=1S/C20H12F2Se/c21-17-12-16(13-18(22)14-17)20-9-5-4-6-15(20)10-11-23-19-7-2-1-3-8-19/h1-9,12-14H. The summed E-state index contributed by atoms with van der Waals surface area (Å²) in [6.07, 6.45) is 0. The van der Waals surface area contributed by atoms with Crippen LogP contribution >= 0.6 is 0 Å². The van der Waals surface area contributed by atoms with Gasteiger partial charge in [-0.05, 0) is 0 Å². The van der Waals surface area contributed by atoms with Gasteiger partial charge in [0.25, 0.3) is 0 Å². The molecule has 0 radical (unpaired) electrons. The number of halogens is 2. The molecule has 0 saturated heterocycles. The maximum atomic E-state index is 13.4. The van der Waals surface area contributed by atoms with Gasteiger partial charge >= 0.3 is 140 Å². The molecule has 0 N–H and O–H groups in total. The first-order valence-corrected chi connectivity index (χ1v) is 8.72. The van der Waals surface area contributed by atoms with E-state index in [9.17, 15) is 8.78 Å². The Hall–Kier alpha value is -2.40. The third-order valence-electron chi connectivity index (χ3n) is 3.20. The van der Waals surface area contributed by atoms with Crippen LogP contribution in [0.4, 0.5) is 8.78 Å². The van der Waals surface area contributed by atoms with Gasteiger partial charge in [0.1, 0.15) is 0 Å². The Balaban J connectivity index is 1.93. The fourth-order valence-corrected chi connectivity index (χ4v) is 3.38. The van der Waals surface area contributed by atoms with Gasteiger partial charge in [-0.3, -0.25) is 0 Å². The Bertz CT molecular complexity index is 857. The van der Waals surface area contributed by atoms with Gasteiger partial charge in [-0.15, -0.1) is 0 Å². The van der Waals surface area contributed by atoms with Crippen molar-refractivity contribution in [1.82, 2.24) is 0 Å². The van der Waals surface area contributed by atoms with Gasteiger partial charge in [0.15, 0.2) is 0 Å². The van der Waals surface area contributed by atoms with Crippen LogP contribution in [0, 0.1) is 22.4 Å². The fraction of sp³-hybridized carbons (Fsp3) is 0. The molecule has 0 aliphatic carbocycles. The van der Waals surface area contributed by atoms with E-state index in [1.807, 2.05) is 54.6 Å². The van der Waals surface area contributed by atoms with Crippen LogP contribution in [-0.2, 0) is 0 Å². The van der Waals surface area contributed by atoms with E-state index in [-0.39, 0.29) is 15.0 Å². The van der Waals surface area contributed by atoms with E-state index in [0.29, 0.717) is 5.56 Å². The van der Waals surface area contributed by atoms with Crippen LogP contribution in [0.1, 0.15) is 5.56 Å². The normalized spacial score (nSPS) is 10.0. The van der Waals surface area contributed by atoms with Crippen LogP contribution in [0.25, 0.3) is 11.1 Å². The predicted molar refractivity (Wildman–Crippen MR) is 90.5 cm³/mol. The predicted octanol–water partition coefficient (Wildman–Crippen LogP) is 3.97. The SMILES string of the molecule is Fc1cc(F)cc(-c2ccccc2C#C[Se]c2ccccc2)c1. The number of rotatable bonds is 2. The van der Waals surface area contributed by atoms with E-state index in [4.69, 9.17) is 0 Å². The molecule has 0 unspecified atom stereocenters. The second-order valence-corrected chi connectivity index (χ2v) is 6.69. The van der Waals surface area contributed by atoms with Crippen LogP contribution < -0.4 is 4.46 Å². The van der Waals surface area contributed by atoms with Crippen LogP contribution in [0.5, 0.6) is 0 Å². The maximum absolute atomic E-state index is 13.4. The molecule has 0 saturated carbocycles.